The van der Waals surface area contributed by atoms with Crippen LogP contribution in [0.3, 0.4) is 0 Å². The molecule has 0 aliphatic heterocycles. The number of nitrogens with zero attached hydrogens (tertiary/aromatic N) is 1. The Hall–Kier alpha value is -0.0126. The largest absolute Gasteiger partial charge is 1.00 e. The molecule has 10 heavy (non-hydrogen) atoms. The molecule has 0 aromatic carbocycles. The van der Waals surface area contributed by atoms with Gasteiger partial charge in [0.2, 0.25) is 0 Å². The minimum absolute atomic E-state index is 0. The van der Waals surface area contributed by atoms with E-state index in [0.29, 0.717) is 0 Å². The molecule has 0 atom stereocenters. The molecule has 0 rings (SSSR count). The number of rotatable bonds is 3. The number of hydrogen-bond acceptors (Lipinski definition) is 1. The van der Waals surface area contributed by atoms with Crippen LogP contribution in [0.25, 0.3) is 0 Å². The van der Waals surface area contributed by atoms with E-state index in [1.807, 2.05) is 0 Å². The maximum absolute atomic E-state index is 3.44. The minimum Gasteiger partial charge on any atom is -0.313 e. The molecule has 0 bridgehead atoms. The summed E-state index contributed by atoms with van der Waals surface area (Å²) in [5.41, 5.74) is 0. The van der Waals surface area contributed by atoms with Gasteiger partial charge in [-0.05, 0) is 19.6 Å². The monoisotopic (exact) mass is 131 g/mol. The fourth-order valence-electron chi connectivity index (χ4n) is 0.615. The van der Waals surface area contributed by atoms with E-state index < -0.39 is 0 Å². The molecule has 0 aromatic rings. The topological polar surface area (TPSA) is 3.24 Å². The normalized spacial score (nSPS) is 7.90. The second-order valence-corrected chi connectivity index (χ2v) is 1.81. The van der Waals surface area contributed by atoms with Gasteiger partial charge in [-0.1, -0.05) is 13.8 Å². The molecular formula is C8H14LiN. The average Bonchev–Trinajstić information content (AvgIpc) is 1.91. The summed E-state index contributed by atoms with van der Waals surface area (Å²) in [5.74, 6) is 5.54. The second-order valence-electron chi connectivity index (χ2n) is 1.81. The summed E-state index contributed by atoms with van der Waals surface area (Å²) in [6.07, 6.45) is 0. The van der Waals surface area contributed by atoms with Crippen molar-refractivity contribution in [3.05, 3.63) is 6.92 Å². The minimum atomic E-state index is 0. The zero-order valence-electron chi connectivity index (χ0n) is 7.28. The van der Waals surface area contributed by atoms with E-state index >= 15 is 0 Å². The molecule has 1 nitrogen and oxygen atoms in total. The molecule has 0 heterocycles. The maximum atomic E-state index is 3.44. The third-order valence-corrected chi connectivity index (χ3v) is 1.32. The molecule has 0 spiro atoms. The van der Waals surface area contributed by atoms with Crippen molar-refractivity contribution < 1.29 is 18.9 Å². The molecule has 52 valence electrons. The predicted octanol–water partition coefficient (Wildman–Crippen LogP) is -1.83. The van der Waals surface area contributed by atoms with Crippen LogP contribution in [-0.4, -0.2) is 24.5 Å². The molecular weight excluding hydrogens is 117 g/mol. The first kappa shape index (κ1) is 12.6. The molecule has 0 radical (unpaired) electrons. The van der Waals surface area contributed by atoms with Crippen molar-refractivity contribution in [2.75, 3.05) is 19.6 Å². The Morgan fingerprint density at radius 3 is 2.10 bits per heavy atom. The Balaban J connectivity index is 0. The van der Waals surface area contributed by atoms with Gasteiger partial charge in [-0.25, -0.2) is 0 Å². The fraction of sp³-hybridized carbons (Fsp3) is 0.625. The van der Waals surface area contributed by atoms with E-state index in [0.717, 1.165) is 19.6 Å². The predicted molar refractivity (Wildman–Crippen MR) is 40.9 cm³/mol. The molecule has 0 aliphatic rings. The first-order chi connectivity index (χ1) is 4.35. The van der Waals surface area contributed by atoms with Crippen molar-refractivity contribution in [2.24, 2.45) is 0 Å². The Labute approximate surface area is 76.4 Å². The van der Waals surface area contributed by atoms with E-state index in [4.69, 9.17) is 0 Å². The van der Waals surface area contributed by atoms with Crippen LogP contribution in [0, 0.1) is 18.8 Å². The van der Waals surface area contributed by atoms with Crippen LogP contribution in [0.5, 0.6) is 0 Å². The standard InChI is InChI=1S/C8H14N.Li/c1-4-7-8-9(5-2)6-3;/h1,5-6,8H2,2-3H3;/q-1;+1. The molecule has 0 unspecified atom stereocenters. The van der Waals surface area contributed by atoms with Crippen molar-refractivity contribution in [3.8, 4) is 11.8 Å². The first-order valence-electron chi connectivity index (χ1n) is 3.32. The van der Waals surface area contributed by atoms with Crippen LogP contribution < -0.4 is 18.9 Å². The van der Waals surface area contributed by atoms with Crippen molar-refractivity contribution in [1.82, 2.24) is 4.90 Å². The Morgan fingerprint density at radius 1 is 1.30 bits per heavy atom. The molecule has 0 saturated carbocycles. The van der Waals surface area contributed by atoms with Crippen molar-refractivity contribution in [1.29, 1.82) is 0 Å². The third kappa shape index (κ3) is 6.11. The summed E-state index contributed by atoms with van der Waals surface area (Å²) in [6, 6.07) is 0. The molecule has 0 N–H and O–H groups in total. The summed E-state index contributed by atoms with van der Waals surface area (Å²) in [6.45, 7) is 10.7. The first-order valence-corrected chi connectivity index (χ1v) is 3.32. The Morgan fingerprint density at radius 2 is 1.80 bits per heavy atom. The summed E-state index contributed by atoms with van der Waals surface area (Å²) < 4.78 is 0. The summed E-state index contributed by atoms with van der Waals surface area (Å²) in [4.78, 5) is 2.25. The number of hydrogen-bond donors (Lipinski definition) is 0. The summed E-state index contributed by atoms with van der Waals surface area (Å²) in [5, 5.41) is 0. The van der Waals surface area contributed by atoms with Gasteiger partial charge in [-0.3, -0.25) is 5.92 Å². The fourth-order valence-corrected chi connectivity index (χ4v) is 0.615. The Bertz CT molecular complexity index is 108. The van der Waals surface area contributed by atoms with Gasteiger partial charge in [0.1, 0.15) is 0 Å². The average molecular weight is 131 g/mol. The van der Waals surface area contributed by atoms with Gasteiger partial charge in [0.15, 0.2) is 0 Å². The van der Waals surface area contributed by atoms with Crippen LogP contribution in [0.2, 0.25) is 0 Å². The van der Waals surface area contributed by atoms with Crippen LogP contribution in [0.1, 0.15) is 13.8 Å². The Kier molecular flexibility index (Phi) is 11.4. The van der Waals surface area contributed by atoms with Crippen LogP contribution in [0.4, 0.5) is 0 Å². The molecule has 0 fully saturated rings. The quantitative estimate of drug-likeness (QED) is 0.247. The van der Waals surface area contributed by atoms with Gasteiger partial charge in [0, 0.05) is 0 Å². The van der Waals surface area contributed by atoms with Crippen LogP contribution in [0.15, 0.2) is 0 Å². The third-order valence-electron chi connectivity index (χ3n) is 1.32. The van der Waals surface area contributed by atoms with Gasteiger partial charge in [-0.15, -0.1) is 0 Å². The molecule has 0 aliphatic carbocycles. The smallest absolute Gasteiger partial charge is 0.313 e. The van der Waals surface area contributed by atoms with Crippen molar-refractivity contribution in [3.63, 3.8) is 0 Å². The second kappa shape index (κ2) is 8.99. The summed E-state index contributed by atoms with van der Waals surface area (Å²) >= 11 is 0. The molecule has 2 heteroatoms. The zero-order chi connectivity index (χ0) is 7.11. The van der Waals surface area contributed by atoms with Gasteiger partial charge >= 0.3 is 18.9 Å². The van der Waals surface area contributed by atoms with E-state index in [2.05, 4.69) is 37.5 Å². The SMILES string of the molecule is [CH2-]C#CCN(CC)CC.[Li+]. The maximum Gasteiger partial charge on any atom is 1.00 e. The van der Waals surface area contributed by atoms with E-state index in [-0.39, 0.29) is 18.9 Å². The van der Waals surface area contributed by atoms with Gasteiger partial charge in [0.25, 0.3) is 0 Å². The van der Waals surface area contributed by atoms with Crippen LogP contribution >= 0.6 is 0 Å². The zero-order valence-corrected chi connectivity index (χ0v) is 7.28. The summed E-state index contributed by atoms with van der Waals surface area (Å²) in [7, 11) is 0. The van der Waals surface area contributed by atoms with E-state index in [9.17, 15) is 0 Å². The molecule has 0 amide bonds. The van der Waals surface area contributed by atoms with Crippen LogP contribution in [-0.2, 0) is 0 Å². The van der Waals surface area contributed by atoms with Gasteiger partial charge < -0.3 is 10.8 Å². The van der Waals surface area contributed by atoms with Crippen molar-refractivity contribution in [2.45, 2.75) is 13.8 Å². The van der Waals surface area contributed by atoms with E-state index in [1.165, 1.54) is 0 Å². The van der Waals surface area contributed by atoms with Crippen molar-refractivity contribution >= 4 is 0 Å². The van der Waals surface area contributed by atoms with Gasteiger partial charge in [0.05, 0.1) is 0 Å². The molecule has 0 aromatic heterocycles. The molecule has 0 saturated heterocycles. The van der Waals surface area contributed by atoms with E-state index in [1.54, 1.807) is 0 Å². The van der Waals surface area contributed by atoms with Gasteiger partial charge in [-0.2, -0.15) is 6.92 Å².